The van der Waals surface area contributed by atoms with Crippen molar-refractivity contribution in [3.63, 3.8) is 0 Å². The number of nitrogens with zero attached hydrogens (tertiary/aromatic N) is 3. The van der Waals surface area contributed by atoms with Gasteiger partial charge in [0.2, 0.25) is 0 Å². The lowest BCUT2D eigenvalue weighted by molar-refractivity contribution is 0.400. The van der Waals surface area contributed by atoms with Gasteiger partial charge in [0, 0.05) is 24.7 Å². The molecule has 0 aliphatic rings. The van der Waals surface area contributed by atoms with Crippen molar-refractivity contribution < 1.29 is 0 Å². The van der Waals surface area contributed by atoms with Crippen molar-refractivity contribution in [1.82, 2.24) is 9.88 Å². The van der Waals surface area contributed by atoms with Gasteiger partial charge in [-0.1, -0.05) is 0 Å². The van der Waals surface area contributed by atoms with Crippen LogP contribution in [0.15, 0.2) is 30.5 Å². The minimum absolute atomic E-state index is 0.835. The Morgan fingerprint density at radius 2 is 1.95 bits per heavy atom. The maximum Gasteiger partial charge on any atom is 0.0724 e. The Hall–Kier alpha value is -1.81. The van der Waals surface area contributed by atoms with E-state index in [4.69, 9.17) is 5.73 Å². The maximum atomic E-state index is 6.33. The van der Waals surface area contributed by atoms with Crippen LogP contribution in [0.25, 0.3) is 10.9 Å². The fourth-order valence-corrected chi connectivity index (χ4v) is 2.47. The second-order valence-corrected chi connectivity index (χ2v) is 5.30. The largest absolute Gasteiger partial charge is 0.396 e. The minimum Gasteiger partial charge on any atom is -0.396 e. The second kappa shape index (κ2) is 6.57. The van der Waals surface area contributed by atoms with E-state index in [1.54, 1.807) is 6.20 Å². The minimum atomic E-state index is 0.835. The molecular weight excluding hydrogens is 248 g/mol. The highest BCUT2D eigenvalue weighted by Gasteiger charge is 2.11. The molecule has 0 amide bonds. The maximum absolute atomic E-state index is 6.33. The van der Waals surface area contributed by atoms with Crippen molar-refractivity contribution in [2.24, 2.45) is 0 Å². The van der Waals surface area contributed by atoms with E-state index >= 15 is 0 Å². The standard InChI is InChI=1S/C16H24N4/c1-4-20(12-6-11-19(2)3)15-9-8-14-13(16(15)17)7-5-10-18-14/h5,7-10H,4,6,11-12,17H2,1-3H3. The van der Waals surface area contributed by atoms with E-state index in [9.17, 15) is 0 Å². The van der Waals surface area contributed by atoms with Crippen molar-refractivity contribution >= 4 is 22.3 Å². The first-order valence-corrected chi connectivity index (χ1v) is 7.16. The van der Waals surface area contributed by atoms with Crippen LogP contribution < -0.4 is 10.6 Å². The summed E-state index contributed by atoms with van der Waals surface area (Å²) >= 11 is 0. The number of pyridine rings is 1. The summed E-state index contributed by atoms with van der Waals surface area (Å²) in [6, 6.07) is 8.11. The van der Waals surface area contributed by atoms with E-state index in [1.807, 2.05) is 12.1 Å². The van der Waals surface area contributed by atoms with E-state index in [2.05, 4.69) is 47.9 Å². The number of anilines is 2. The van der Waals surface area contributed by atoms with E-state index in [1.165, 1.54) is 0 Å². The summed E-state index contributed by atoms with van der Waals surface area (Å²) in [5, 5.41) is 1.04. The SMILES string of the molecule is CCN(CCCN(C)C)c1ccc2ncccc2c1N. The molecule has 0 saturated heterocycles. The van der Waals surface area contributed by atoms with Crippen LogP contribution in [0.4, 0.5) is 11.4 Å². The first kappa shape index (κ1) is 14.6. The van der Waals surface area contributed by atoms with E-state index in [0.29, 0.717) is 0 Å². The quantitative estimate of drug-likeness (QED) is 0.821. The lowest BCUT2D eigenvalue weighted by Gasteiger charge is -2.26. The van der Waals surface area contributed by atoms with Gasteiger partial charge in [-0.2, -0.15) is 0 Å². The monoisotopic (exact) mass is 272 g/mol. The molecule has 0 saturated carbocycles. The lowest BCUT2D eigenvalue weighted by atomic mass is 10.1. The average molecular weight is 272 g/mol. The topological polar surface area (TPSA) is 45.4 Å². The fraction of sp³-hybridized carbons (Fsp3) is 0.438. The second-order valence-electron chi connectivity index (χ2n) is 5.30. The van der Waals surface area contributed by atoms with Crippen LogP contribution in [0, 0.1) is 0 Å². The van der Waals surface area contributed by atoms with Crippen LogP contribution in [-0.4, -0.2) is 43.6 Å². The van der Waals surface area contributed by atoms with Crippen LogP contribution in [-0.2, 0) is 0 Å². The van der Waals surface area contributed by atoms with Gasteiger partial charge in [0.15, 0.2) is 0 Å². The molecule has 108 valence electrons. The molecule has 0 aliphatic heterocycles. The molecule has 0 fully saturated rings. The molecule has 1 aromatic heterocycles. The average Bonchev–Trinajstić information content (AvgIpc) is 2.45. The molecular formula is C16H24N4. The van der Waals surface area contributed by atoms with Crippen molar-refractivity contribution in [1.29, 1.82) is 0 Å². The lowest BCUT2D eigenvalue weighted by Crippen LogP contribution is -2.27. The third kappa shape index (κ3) is 3.20. The number of nitrogen functional groups attached to an aromatic ring is 1. The summed E-state index contributed by atoms with van der Waals surface area (Å²) in [5.41, 5.74) is 9.24. The van der Waals surface area contributed by atoms with Crippen molar-refractivity contribution in [3.05, 3.63) is 30.5 Å². The Labute approximate surface area is 121 Å². The molecule has 0 radical (unpaired) electrons. The van der Waals surface area contributed by atoms with Gasteiger partial charge in [-0.05, 0) is 58.3 Å². The molecule has 0 aliphatic carbocycles. The van der Waals surface area contributed by atoms with Crippen LogP contribution in [0.3, 0.4) is 0 Å². The molecule has 2 N–H and O–H groups in total. The molecule has 1 heterocycles. The number of fused-ring (bicyclic) bond motifs is 1. The summed E-state index contributed by atoms with van der Waals surface area (Å²) in [6.45, 7) is 5.24. The number of nitrogens with two attached hydrogens (primary N) is 1. The molecule has 0 unspecified atom stereocenters. The van der Waals surface area contributed by atoms with Crippen LogP contribution in [0.5, 0.6) is 0 Å². The molecule has 4 nitrogen and oxygen atoms in total. The Balaban J connectivity index is 2.23. The fourth-order valence-electron chi connectivity index (χ4n) is 2.47. The van der Waals surface area contributed by atoms with Crippen LogP contribution >= 0.6 is 0 Å². The zero-order valence-corrected chi connectivity index (χ0v) is 12.6. The predicted octanol–water partition coefficient (Wildman–Crippen LogP) is 2.59. The summed E-state index contributed by atoms with van der Waals surface area (Å²) in [7, 11) is 4.21. The highest BCUT2D eigenvalue weighted by Crippen LogP contribution is 2.30. The van der Waals surface area contributed by atoms with Gasteiger partial charge in [-0.25, -0.2) is 0 Å². The number of rotatable bonds is 6. The Bertz CT molecular complexity index is 565. The van der Waals surface area contributed by atoms with Gasteiger partial charge in [-0.15, -0.1) is 0 Å². The summed E-state index contributed by atoms with van der Waals surface area (Å²) < 4.78 is 0. The molecule has 0 bridgehead atoms. The van der Waals surface area contributed by atoms with Crippen LogP contribution in [0.2, 0.25) is 0 Å². The summed E-state index contributed by atoms with van der Waals surface area (Å²) in [5.74, 6) is 0. The number of hydrogen-bond donors (Lipinski definition) is 1. The van der Waals surface area contributed by atoms with Gasteiger partial charge in [-0.3, -0.25) is 4.98 Å². The third-order valence-corrected chi connectivity index (χ3v) is 3.56. The molecule has 2 aromatic rings. The molecule has 20 heavy (non-hydrogen) atoms. The van der Waals surface area contributed by atoms with Gasteiger partial charge in [0.1, 0.15) is 0 Å². The first-order valence-electron chi connectivity index (χ1n) is 7.16. The van der Waals surface area contributed by atoms with Crippen molar-refractivity contribution in [2.45, 2.75) is 13.3 Å². The highest BCUT2D eigenvalue weighted by atomic mass is 15.1. The molecule has 0 spiro atoms. The zero-order chi connectivity index (χ0) is 14.5. The smallest absolute Gasteiger partial charge is 0.0724 e. The Morgan fingerprint density at radius 3 is 2.65 bits per heavy atom. The van der Waals surface area contributed by atoms with Crippen molar-refractivity contribution in [3.8, 4) is 0 Å². The van der Waals surface area contributed by atoms with E-state index in [-0.39, 0.29) is 0 Å². The van der Waals surface area contributed by atoms with E-state index in [0.717, 1.165) is 48.3 Å². The van der Waals surface area contributed by atoms with Crippen molar-refractivity contribution in [2.75, 3.05) is 44.4 Å². The third-order valence-electron chi connectivity index (χ3n) is 3.56. The molecule has 0 atom stereocenters. The Morgan fingerprint density at radius 1 is 1.15 bits per heavy atom. The molecule has 4 heteroatoms. The van der Waals surface area contributed by atoms with Gasteiger partial charge in [0.05, 0.1) is 16.9 Å². The highest BCUT2D eigenvalue weighted by molar-refractivity contribution is 5.97. The van der Waals surface area contributed by atoms with E-state index < -0.39 is 0 Å². The first-order chi connectivity index (χ1) is 9.63. The van der Waals surface area contributed by atoms with Gasteiger partial charge < -0.3 is 15.5 Å². The zero-order valence-electron chi connectivity index (χ0n) is 12.6. The van der Waals surface area contributed by atoms with Gasteiger partial charge >= 0.3 is 0 Å². The molecule has 2 rings (SSSR count). The number of benzene rings is 1. The normalized spacial score (nSPS) is 11.2. The predicted molar refractivity (Wildman–Crippen MR) is 87.2 cm³/mol. The Kier molecular flexibility index (Phi) is 4.79. The summed E-state index contributed by atoms with van der Waals surface area (Å²) in [4.78, 5) is 8.90. The number of hydrogen-bond acceptors (Lipinski definition) is 4. The van der Waals surface area contributed by atoms with Crippen LogP contribution in [0.1, 0.15) is 13.3 Å². The number of aromatic nitrogens is 1. The molecule has 1 aromatic carbocycles. The van der Waals surface area contributed by atoms with Gasteiger partial charge in [0.25, 0.3) is 0 Å². The summed E-state index contributed by atoms with van der Waals surface area (Å²) in [6.07, 6.45) is 2.93.